The largest absolute Gasteiger partial charge is 0.631 e. The van der Waals surface area contributed by atoms with Crippen LogP contribution in [0.3, 0.4) is 0 Å². The van der Waals surface area contributed by atoms with Gasteiger partial charge in [-0.05, 0) is 24.3 Å². The van der Waals surface area contributed by atoms with Crippen molar-refractivity contribution in [2.45, 2.75) is 39.2 Å². The van der Waals surface area contributed by atoms with Crippen molar-refractivity contribution in [3.05, 3.63) is 35.9 Å². The van der Waals surface area contributed by atoms with Gasteiger partial charge in [-0.15, -0.1) is 0 Å². The smallest absolute Gasteiger partial charge is 0.480 e. The summed E-state index contributed by atoms with van der Waals surface area (Å²) in [5.41, 5.74) is 3.43. The van der Waals surface area contributed by atoms with Crippen LogP contribution in [0, 0.1) is 5.92 Å². The van der Waals surface area contributed by atoms with Crippen LogP contribution in [0.5, 0.6) is 0 Å². The minimum atomic E-state index is -2.17. The molecule has 11 heteroatoms. The maximum absolute atomic E-state index is 12.2. The molecule has 0 bridgehead atoms. The topological polar surface area (TPSA) is 157 Å². The highest BCUT2D eigenvalue weighted by molar-refractivity contribution is 6.30. The SMILES string of the molecule is COCC(=O)N(NC(=O)CCc1ccccc1)[C@@H](CC(C)C)C(=O)O.OB(O)O. The van der Waals surface area contributed by atoms with E-state index in [1.165, 1.54) is 7.11 Å². The fourth-order valence-electron chi connectivity index (χ4n) is 2.36. The molecule has 0 aliphatic carbocycles. The van der Waals surface area contributed by atoms with Gasteiger partial charge in [-0.3, -0.25) is 15.0 Å². The summed E-state index contributed by atoms with van der Waals surface area (Å²) in [6, 6.07) is 8.32. The van der Waals surface area contributed by atoms with Crippen molar-refractivity contribution in [1.29, 1.82) is 0 Å². The highest BCUT2D eigenvalue weighted by Crippen LogP contribution is 2.12. The van der Waals surface area contributed by atoms with E-state index in [0.717, 1.165) is 10.6 Å². The zero-order valence-electron chi connectivity index (χ0n) is 16.8. The fourth-order valence-corrected chi connectivity index (χ4v) is 2.36. The maximum atomic E-state index is 12.2. The van der Waals surface area contributed by atoms with Crippen LogP contribution in [0.4, 0.5) is 0 Å². The molecule has 0 fully saturated rings. The highest BCUT2D eigenvalue weighted by Gasteiger charge is 2.31. The highest BCUT2D eigenvalue weighted by atomic mass is 16.5. The first kappa shape index (κ1) is 26.5. The molecule has 1 atom stereocenters. The molecule has 0 radical (unpaired) electrons. The minimum absolute atomic E-state index is 0.0418. The van der Waals surface area contributed by atoms with Gasteiger partial charge < -0.3 is 24.9 Å². The van der Waals surface area contributed by atoms with Gasteiger partial charge in [0.2, 0.25) is 5.91 Å². The molecule has 1 aromatic rings. The molecule has 0 aromatic heterocycles. The van der Waals surface area contributed by atoms with Gasteiger partial charge in [0, 0.05) is 13.5 Å². The third-order valence-corrected chi connectivity index (χ3v) is 3.56. The zero-order valence-corrected chi connectivity index (χ0v) is 16.8. The van der Waals surface area contributed by atoms with E-state index in [4.69, 9.17) is 19.8 Å². The first-order valence-corrected chi connectivity index (χ1v) is 8.99. The van der Waals surface area contributed by atoms with Gasteiger partial charge in [0.15, 0.2) is 6.04 Å². The lowest BCUT2D eigenvalue weighted by molar-refractivity contribution is -0.158. The third-order valence-electron chi connectivity index (χ3n) is 3.56. The van der Waals surface area contributed by atoms with Crippen LogP contribution in [-0.2, 0) is 25.5 Å². The average Bonchev–Trinajstić information content (AvgIpc) is 2.63. The lowest BCUT2D eigenvalue weighted by atomic mass is 10.0. The number of amides is 2. The van der Waals surface area contributed by atoms with E-state index in [9.17, 15) is 19.5 Å². The Hall–Kier alpha value is -2.47. The van der Waals surface area contributed by atoms with Crippen LogP contribution in [0.25, 0.3) is 0 Å². The second-order valence-electron chi connectivity index (χ2n) is 6.55. The summed E-state index contributed by atoms with van der Waals surface area (Å²) in [6.07, 6.45) is 0.874. The number of carbonyl (C=O) groups is 3. The van der Waals surface area contributed by atoms with Crippen LogP contribution in [0.1, 0.15) is 32.3 Å². The minimum Gasteiger partial charge on any atom is -0.480 e. The molecule has 0 saturated heterocycles. The van der Waals surface area contributed by atoms with E-state index in [2.05, 4.69) is 5.43 Å². The first-order chi connectivity index (χ1) is 13.6. The maximum Gasteiger partial charge on any atom is 0.631 e. The number of hydrazine groups is 1. The summed E-state index contributed by atoms with van der Waals surface area (Å²) < 4.78 is 4.79. The molecule has 0 aliphatic rings. The number of ether oxygens (including phenoxy) is 1. The van der Waals surface area contributed by atoms with Crippen LogP contribution in [-0.4, -0.2) is 70.1 Å². The second kappa shape index (κ2) is 14.5. The molecule has 5 N–H and O–H groups in total. The zero-order chi connectivity index (χ0) is 22.4. The van der Waals surface area contributed by atoms with E-state index in [0.29, 0.717) is 6.42 Å². The molecule has 162 valence electrons. The molecule has 0 aliphatic heterocycles. The predicted octanol–water partition coefficient (Wildman–Crippen LogP) is -0.427. The number of benzene rings is 1. The van der Waals surface area contributed by atoms with Crippen molar-refractivity contribution in [2.24, 2.45) is 5.92 Å². The molecule has 0 heterocycles. The van der Waals surface area contributed by atoms with Crippen LogP contribution in [0.15, 0.2) is 30.3 Å². The standard InChI is InChI=1S/C18H26N2O5.BH3O3/c1-13(2)11-15(18(23)24)20(17(22)12-25-3)19-16(21)10-9-14-7-5-4-6-8-14;2-1(3)4/h4-8,13,15H,9-12H2,1-3H3,(H,19,21)(H,23,24);2-4H/t15-;/m0./s1. The van der Waals surface area contributed by atoms with Gasteiger partial charge in [0.25, 0.3) is 5.91 Å². The van der Waals surface area contributed by atoms with Gasteiger partial charge in [0.05, 0.1) is 0 Å². The Balaban J connectivity index is 0.00000178. The molecule has 29 heavy (non-hydrogen) atoms. The predicted molar refractivity (Wildman–Crippen MR) is 105 cm³/mol. The average molecular weight is 412 g/mol. The Kier molecular flexibility index (Phi) is 13.3. The molecule has 2 amide bonds. The number of carboxylic acids is 1. The molecule has 0 unspecified atom stereocenters. The lowest BCUT2D eigenvalue weighted by Gasteiger charge is -2.30. The Labute approximate surface area is 170 Å². The second-order valence-corrected chi connectivity index (χ2v) is 6.55. The molecule has 0 saturated carbocycles. The summed E-state index contributed by atoms with van der Waals surface area (Å²) in [5.74, 6) is -2.13. The third kappa shape index (κ3) is 12.6. The van der Waals surface area contributed by atoms with E-state index in [-0.39, 0.29) is 25.4 Å². The van der Waals surface area contributed by atoms with Crippen molar-refractivity contribution in [2.75, 3.05) is 13.7 Å². The number of rotatable bonds is 9. The van der Waals surface area contributed by atoms with Gasteiger partial charge in [-0.2, -0.15) is 0 Å². The number of aryl methyl sites for hydroxylation is 1. The van der Waals surface area contributed by atoms with E-state index in [1.807, 2.05) is 44.2 Å². The number of nitrogens with one attached hydrogen (secondary N) is 1. The summed E-state index contributed by atoms with van der Waals surface area (Å²) in [4.78, 5) is 36.0. The Morgan fingerprint density at radius 1 is 1.14 bits per heavy atom. The Bertz CT molecular complexity index is 625. The van der Waals surface area contributed by atoms with E-state index < -0.39 is 31.1 Å². The number of methoxy groups -OCH3 is 1. The van der Waals surface area contributed by atoms with Crippen LogP contribution < -0.4 is 5.43 Å². The molecular weight excluding hydrogens is 383 g/mol. The summed E-state index contributed by atoms with van der Waals surface area (Å²) in [5, 5.41) is 31.8. The molecule has 10 nitrogen and oxygen atoms in total. The number of hydrogen-bond acceptors (Lipinski definition) is 7. The van der Waals surface area contributed by atoms with Gasteiger partial charge in [-0.25, -0.2) is 9.80 Å². The summed E-state index contributed by atoms with van der Waals surface area (Å²) in [6.45, 7) is 3.40. The van der Waals surface area contributed by atoms with Crippen LogP contribution >= 0.6 is 0 Å². The monoisotopic (exact) mass is 412 g/mol. The van der Waals surface area contributed by atoms with Crippen molar-refractivity contribution >= 4 is 25.1 Å². The molecule has 1 rings (SSSR count). The van der Waals surface area contributed by atoms with E-state index in [1.54, 1.807) is 0 Å². The summed E-state index contributed by atoms with van der Waals surface area (Å²) >= 11 is 0. The van der Waals surface area contributed by atoms with Gasteiger partial charge >= 0.3 is 13.3 Å². The fraction of sp³-hybridized carbons (Fsp3) is 0.500. The Morgan fingerprint density at radius 3 is 2.14 bits per heavy atom. The molecular formula is C18H29BN2O8. The number of carboxylic acid groups (broad SMARTS) is 1. The summed E-state index contributed by atoms with van der Waals surface area (Å²) in [7, 11) is -0.828. The van der Waals surface area contributed by atoms with Crippen molar-refractivity contribution in [3.8, 4) is 0 Å². The number of aliphatic carboxylic acids is 1. The number of carbonyl (C=O) groups excluding carboxylic acids is 2. The van der Waals surface area contributed by atoms with Crippen LogP contribution in [0.2, 0.25) is 0 Å². The van der Waals surface area contributed by atoms with Gasteiger partial charge in [-0.1, -0.05) is 44.2 Å². The van der Waals surface area contributed by atoms with Crippen molar-refractivity contribution < 1.29 is 39.3 Å². The number of nitrogens with zero attached hydrogens (tertiary/aromatic N) is 1. The quantitative estimate of drug-likeness (QED) is 0.270. The number of hydrogen-bond donors (Lipinski definition) is 5. The lowest BCUT2D eigenvalue weighted by Crippen LogP contribution is -2.56. The Morgan fingerprint density at radius 2 is 1.69 bits per heavy atom. The van der Waals surface area contributed by atoms with E-state index >= 15 is 0 Å². The van der Waals surface area contributed by atoms with Crippen molar-refractivity contribution in [1.82, 2.24) is 10.4 Å². The molecule has 0 spiro atoms. The normalized spacial score (nSPS) is 11.1. The van der Waals surface area contributed by atoms with Gasteiger partial charge in [0.1, 0.15) is 6.61 Å². The molecule has 1 aromatic carbocycles. The van der Waals surface area contributed by atoms with Crippen molar-refractivity contribution in [3.63, 3.8) is 0 Å². The first-order valence-electron chi connectivity index (χ1n) is 8.99.